The van der Waals surface area contributed by atoms with Gasteiger partial charge in [-0.2, -0.15) is 0 Å². The van der Waals surface area contributed by atoms with Gasteiger partial charge < -0.3 is 5.32 Å². The number of nitrogens with zero attached hydrogens (tertiary/aromatic N) is 1. The fourth-order valence-electron chi connectivity index (χ4n) is 2.21. The Balaban J connectivity index is 2.14. The second-order valence-electron chi connectivity index (χ2n) is 4.15. The van der Waals surface area contributed by atoms with Crippen LogP contribution in [0.3, 0.4) is 0 Å². The molecule has 0 heterocycles. The predicted molar refractivity (Wildman–Crippen MR) is 55.9 cm³/mol. The van der Waals surface area contributed by atoms with Crippen molar-refractivity contribution in [2.24, 2.45) is 5.92 Å². The third kappa shape index (κ3) is 4.05. The van der Waals surface area contributed by atoms with Gasteiger partial charge in [-0.05, 0) is 18.8 Å². The first-order valence-electron chi connectivity index (χ1n) is 5.57. The van der Waals surface area contributed by atoms with Crippen LogP contribution in [-0.4, -0.2) is 24.1 Å². The van der Waals surface area contributed by atoms with E-state index in [0.29, 0.717) is 12.6 Å². The summed E-state index contributed by atoms with van der Waals surface area (Å²) >= 11 is 0. The van der Waals surface area contributed by atoms with Crippen LogP contribution < -0.4 is 5.32 Å². The van der Waals surface area contributed by atoms with Gasteiger partial charge in [0.05, 0.1) is 6.54 Å². The van der Waals surface area contributed by atoms with Crippen LogP contribution in [0.15, 0.2) is 0 Å². The molecule has 2 atom stereocenters. The van der Waals surface area contributed by atoms with Gasteiger partial charge in [0.25, 0.3) is 0 Å². The van der Waals surface area contributed by atoms with Gasteiger partial charge in [0.1, 0.15) is 0 Å². The van der Waals surface area contributed by atoms with E-state index in [0.717, 1.165) is 5.92 Å². The molecular formula is C10H20N2O2. The Kier molecular flexibility index (Phi) is 4.87. The molecule has 1 aliphatic rings. The van der Waals surface area contributed by atoms with Gasteiger partial charge in [0, 0.05) is 11.0 Å². The highest BCUT2D eigenvalue weighted by molar-refractivity contribution is 4.76. The zero-order chi connectivity index (χ0) is 10.4. The minimum absolute atomic E-state index is 0.0489. The topological polar surface area (TPSA) is 55.2 Å². The Morgan fingerprint density at radius 2 is 2.29 bits per heavy atom. The van der Waals surface area contributed by atoms with E-state index < -0.39 is 0 Å². The zero-order valence-electron chi connectivity index (χ0n) is 8.87. The monoisotopic (exact) mass is 200 g/mol. The molecule has 1 saturated carbocycles. The van der Waals surface area contributed by atoms with Gasteiger partial charge in [-0.3, -0.25) is 10.1 Å². The molecule has 0 aromatic carbocycles. The van der Waals surface area contributed by atoms with E-state index in [1.807, 2.05) is 0 Å². The molecule has 0 saturated heterocycles. The highest BCUT2D eigenvalue weighted by Crippen LogP contribution is 2.26. The molecule has 0 aliphatic heterocycles. The first-order chi connectivity index (χ1) is 6.72. The summed E-state index contributed by atoms with van der Waals surface area (Å²) in [6.07, 6.45) is 6.24. The molecule has 1 fully saturated rings. The Morgan fingerprint density at radius 1 is 1.50 bits per heavy atom. The molecule has 1 aliphatic carbocycles. The molecule has 1 N–H and O–H groups in total. The molecule has 1 rings (SSSR count). The molecule has 14 heavy (non-hydrogen) atoms. The minimum Gasteiger partial charge on any atom is -0.308 e. The molecule has 4 heteroatoms. The van der Waals surface area contributed by atoms with Crippen molar-refractivity contribution >= 4 is 0 Å². The lowest BCUT2D eigenvalue weighted by molar-refractivity contribution is -0.478. The maximum atomic E-state index is 10.1. The molecule has 0 aromatic rings. The van der Waals surface area contributed by atoms with Crippen molar-refractivity contribution in [1.29, 1.82) is 0 Å². The second-order valence-corrected chi connectivity index (χ2v) is 4.15. The quantitative estimate of drug-likeness (QED) is 0.544. The van der Waals surface area contributed by atoms with Crippen LogP contribution in [0, 0.1) is 16.0 Å². The van der Waals surface area contributed by atoms with Crippen molar-refractivity contribution in [2.75, 3.05) is 13.1 Å². The molecule has 0 bridgehead atoms. The summed E-state index contributed by atoms with van der Waals surface area (Å²) in [4.78, 5) is 9.87. The second kappa shape index (κ2) is 5.96. The molecule has 0 amide bonds. The summed E-state index contributed by atoms with van der Waals surface area (Å²) < 4.78 is 0. The van der Waals surface area contributed by atoms with E-state index in [-0.39, 0.29) is 11.5 Å². The predicted octanol–water partition coefficient (Wildman–Crippen LogP) is 1.82. The van der Waals surface area contributed by atoms with Crippen molar-refractivity contribution < 1.29 is 4.92 Å². The van der Waals surface area contributed by atoms with Crippen LogP contribution in [0.5, 0.6) is 0 Å². The van der Waals surface area contributed by atoms with Crippen LogP contribution in [0.1, 0.15) is 39.0 Å². The molecule has 0 aromatic heterocycles. The lowest BCUT2D eigenvalue weighted by atomic mass is 9.84. The van der Waals surface area contributed by atoms with Crippen molar-refractivity contribution in [1.82, 2.24) is 5.32 Å². The zero-order valence-corrected chi connectivity index (χ0v) is 8.87. The molecule has 0 radical (unpaired) electrons. The van der Waals surface area contributed by atoms with Crippen molar-refractivity contribution in [3.63, 3.8) is 0 Å². The van der Waals surface area contributed by atoms with Gasteiger partial charge in [0.15, 0.2) is 0 Å². The molecule has 2 unspecified atom stereocenters. The molecule has 4 nitrogen and oxygen atoms in total. The maximum absolute atomic E-state index is 10.1. The van der Waals surface area contributed by atoms with Gasteiger partial charge >= 0.3 is 0 Å². The average Bonchev–Trinajstić information content (AvgIpc) is 2.18. The van der Waals surface area contributed by atoms with E-state index in [4.69, 9.17) is 0 Å². The standard InChI is InChI=1S/C10H20N2O2/c1-2-9-4-3-5-10(8-9)11-6-7-12(13)14/h9-11H,2-8H2,1H3. The Hall–Kier alpha value is -0.640. The normalized spacial score (nSPS) is 27.5. The fraction of sp³-hybridized carbons (Fsp3) is 1.00. The van der Waals surface area contributed by atoms with E-state index in [2.05, 4.69) is 12.2 Å². The average molecular weight is 200 g/mol. The largest absolute Gasteiger partial charge is 0.308 e. The number of nitro groups is 1. The number of nitrogens with one attached hydrogen (secondary N) is 1. The van der Waals surface area contributed by atoms with E-state index in [1.165, 1.54) is 32.1 Å². The van der Waals surface area contributed by atoms with E-state index in [9.17, 15) is 10.1 Å². The van der Waals surface area contributed by atoms with Crippen LogP contribution >= 0.6 is 0 Å². The summed E-state index contributed by atoms with van der Waals surface area (Å²) in [7, 11) is 0. The van der Waals surface area contributed by atoms with Gasteiger partial charge in [-0.1, -0.05) is 26.2 Å². The highest BCUT2D eigenvalue weighted by Gasteiger charge is 2.20. The van der Waals surface area contributed by atoms with Crippen LogP contribution in [-0.2, 0) is 0 Å². The lowest BCUT2D eigenvalue weighted by Gasteiger charge is -2.28. The van der Waals surface area contributed by atoms with Gasteiger partial charge in [-0.15, -0.1) is 0 Å². The summed E-state index contributed by atoms with van der Waals surface area (Å²) in [5.74, 6) is 0.830. The fourth-order valence-corrected chi connectivity index (χ4v) is 2.21. The van der Waals surface area contributed by atoms with Crippen LogP contribution in [0.2, 0.25) is 0 Å². The lowest BCUT2D eigenvalue weighted by Crippen LogP contribution is -2.36. The first kappa shape index (κ1) is 11.4. The van der Waals surface area contributed by atoms with Crippen LogP contribution in [0.25, 0.3) is 0 Å². The molecular weight excluding hydrogens is 180 g/mol. The number of hydrogen-bond donors (Lipinski definition) is 1. The number of hydrogen-bond acceptors (Lipinski definition) is 3. The first-order valence-corrected chi connectivity index (χ1v) is 5.57. The minimum atomic E-state index is -0.257. The van der Waals surface area contributed by atoms with Crippen molar-refractivity contribution in [3.8, 4) is 0 Å². The third-order valence-electron chi connectivity index (χ3n) is 3.09. The Bertz CT molecular complexity index is 185. The Labute approximate surface area is 85.2 Å². The van der Waals surface area contributed by atoms with Crippen molar-refractivity contribution in [2.45, 2.75) is 45.1 Å². The summed E-state index contributed by atoms with van der Waals surface area (Å²) in [5, 5.41) is 13.4. The third-order valence-corrected chi connectivity index (χ3v) is 3.09. The summed E-state index contributed by atoms with van der Waals surface area (Å²) in [6, 6.07) is 0.522. The molecule has 82 valence electrons. The maximum Gasteiger partial charge on any atom is 0.216 e. The SMILES string of the molecule is CCC1CCCC(NCC[N+](=O)[O-])C1. The highest BCUT2D eigenvalue weighted by atomic mass is 16.6. The van der Waals surface area contributed by atoms with Gasteiger partial charge in [0.2, 0.25) is 6.54 Å². The smallest absolute Gasteiger partial charge is 0.216 e. The van der Waals surface area contributed by atoms with Crippen molar-refractivity contribution in [3.05, 3.63) is 10.1 Å². The Morgan fingerprint density at radius 3 is 2.93 bits per heavy atom. The molecule has 0 spiro atoms. The van der Waals surface area contributed by atoms with E-state index in [1.54, 1.807) is 0 Å². The van der Waals surface area contributed by atoms with Crippen LogP contribution in [0.4, 0.5) is 0 Å². The van der Waals surface area contributed by atoms with Gasteiger partial charge in [-0.25, -0.2) is 0 Å². The number of rotatable bonds is 5. The summed E-state index contributed by atoms with van der Waals surface area (Å²) in [6.45, 7) is 2.80. The summed E-state index contributed by atoms with van der Waals surface area (Å²) in [5.41, 5.74) is 0. The van der Waals surface area contributed by atoms with E-state index >= 15 is 0 Å².